The molecule has 0 radical (unpaired) electrons. The highest BCUT2D eigenvalue weighted by molar-refractivity contribution is 7.87. The highest BCUT2D eigenvalue weighted by Gasteiger charge is 2.85. The summed E-state index contributed by atoms with van der Waals surface area (Å²) in [6.07, 6.45) is 11.6. The summed E-state index contributed by atoms with van der Waals surface area (Å²) < 4.78 is 43.3. The van der Waals surface area contributed by atoms with Crippen molar-refractivity contribution in [1.29, 1.82) is 0 Å². The molecule has 16 heteroatoms. The molecule has 8 atom stereocenters. The van der Waals surface area contributed by atoms with Gasteiger partial charge in [-0.2, -0.15) is 12.7 Å². The molecule has 3 heterocycles. The zero-order valence-corrected chi connectivity index (χ0v) is 39.1. The van der Waals surface area contributed by atoms with Crippen molar-refractivity contribution in [2.45, 2.75) is 187 Å². The van der Waals surface area contributed by atoms with Gasteiger partial charge in [-0.05, 0) is 100 Å². The number of amides is 5. The number of fused-ring (bicyclic) bond motifs is 1. The van der Waals surface area contributed by atoms with E-state index in [1.807, 2.05) is 20.8 Å². The summed E-state index contributed by atoms with van der Waals surface area (Å²) in [5.74, 6) is -3.12. The first kappa shape index (κ1) is 46.9. The van der Waals surface area contributed by atoms with Crippen LogP contribution in [0.15, 0.2) is 12.7 Å². The van der Waals surface area contributed by atoms with Gasteiger partial charge in [-0.1, -0.05) is 72.8 Å². The van der Waals surface area contributed by atoms with Crippen LogP contribution in [0.3, 0.4) is 0 Å². The Bertz CT molecular complexity index is 1890. The fourth-order valence-electron chi connectivity index (χ4n) is 12.9. The number of rotatable bonds is 14. The molecule has 0 aromatic carbocycles. The summed E-state index contributed by atoms with van der Waals surface area (Å²) >= 11 is 0. The second-order valence-electron chi connectivity index (χ2n) is 22.0. The predicted molar refractivity (Wildman–Crippen MR) is 234 cm³/mol. The molecule has 7 fully saturated rings. The van der Waals surface area contributed by atoms with E-state index >= 15 is 4.79 Å². The third-order valence-electron chi connectivity index (χ3n) is 17.0. The molecule has 62 heavy (non-hydrogen) atoms. The van der Waals surface area contributed by atoms with Gasteiger partial charge >= 0.3 is 10.2 Å². The Morgan fingerprint density at radius 3 is 2.11 bits per heavy atom. The van der Waals surface area contributed by atoms with Crippen molar-refractivity contribution < 1.29 is 36.8 Å². The molecule has 0 aromatic heterocycles. The molecule has 3 saturated heterocycles. The van der Waals surface area contributed by atoms with Crippen LogP contribution in [0.1, 0.15) is 145 Å². The van der Waals surface area contributed by atoms with E-state index in [0.29, 0.717) is 25.4 Å². The second kappa shape index (κ2) is 17.0. The zero-order valence-electron chi connectivity index (χ0n) is 38.3. The van der Waals surface area contributed by atoms with Crippen molar-refractivity contribution in [2.24, 2.45) is 33.5 Å². The minimum absolute atomic E-state index is 0.0288. The quantitative estimate of drug-likeness (QED) is 0.185. The Morgan fingerprint density at radius 2 is 1.56 bits per heavy atom. The lowest BCUT2D eigenvalue weighted by Gasteiger charge is -2.39. The summed E-state index contributed by atoms with van der Waals surface area (Å²) in [6.45, 7) is 19.0. The van der Waals surface area contributed by atoms with Crippen LogP contribution in [0, 0.1) is 33.5 Å². The number of alkyl halides is 1. The lowest BCUT2D eigenvalue weighted by Crippen LogP contribution is -2.62. The highest BCUT2D eigenvalue weighted by Crippen LogP contribution is 2.88. The van der Waals surface area contributed by atoms with Crippen LogP contribution < -0.4 is 20.7 Å². The molecule has 7 rings (SSSR count). The van der Waals surface area contributed by atoms with Crippen LogP contribution >= 0.6 is 0 Å². The van der Waals surface area contributed by atoms with E-state index in [-0.39, 0.29) is 60.0 Å². The minimum atomic E-state index is -4.38. The molecule has 3 aliphatic heterocycles. The Balaban J connectivity index is 1.13. The number of piperidine rings is 1. The lowest BCUT2D eigenvalue weighted by atomic mass is 9.73. The van der Waals surface area contributed by atoms with Crippen molar-refractivity contribution in [3.8, 4) is 0 Å². The molecule has 2 spiro atoms. The minimum Gasteiger partial charge on any atom is -0.344 e. The molecule has 5 amide bonds. The average molecular weight is 888 g/mol. The molecule has 4 N–H and O–H groups in total. The van der Waals surface area contributed by atoms with Crippen LogP contribution in [0.25, 0.3) is 0 Å². The Kier molecular flexibility index (Phi) is 12.9. The number of carbonyl (C=O) groups excluding carboxylic acids is 5. The van der Waals surface area contributed by atoms with Crippen LogP contribution in [0.4, 0.5) is 4.39 Å². The van der Waals surface area contributed by atoms with Crippen LogP contribution in [0.5, 0.6) is 0 Å². The maximum absolute atomic E-state index is 15.3. The number of hydrogen-bond acceptors (Lipinski definition) is 8. The summed E-state index contributed by atoms with van der Waals surface area (Å²) in [7, 11) is -4.38. The van der Waals surface area contributed by atoms with Crippen molar-refractivity contribution >= 4 is 39.7 Å². The van der Waals surface area contributed by atoms with Crippen LogP contribution in [-0.2, 0) is 34.2 Å². The van der Waals surface area contributed by atoms with Crippen molar-refractivity contribution in [3.05, 3.63) is 12.7 Å². The molecule has 0 bridgehead atoms. The number of likely N-dealkylation sites (tertiary alicyclic amines) is 2. The number of carbonyl (C=O) groups is 5. The Hall–Kier alpha value is -3.11. The van der Waals surface area contributed by atoms with Gasteiger partial charge in [0.1, 0.15) is 29.8 Å². The zero-order chi connectivity index (χ0) is 45.2. The predicted octanol–water partition coefficient (Wildman–Crippen LogP) is 4.50. The van der Waals surface area contributed by atoms with Crippen molar-refractivity contribution in [3.63, 3.8) is 0 Å². The number of hydrogen-bond donors (Lipinski definition) is 4. The highest BCUT2D eigenvalue weighted by atomic mass is 32.2. The number of nitrogens with one attached hydrogen (secondary N) is 4. The molecule has 4 saturated carbocycles. The molecule has 14 nitrogen and oxygen atoms in total. The SMILES string of the molecule is C=C[C@@H]1C[C@]1(NC(=O)[C@@H]1C[C@@]2(CN1C(=O)[C@@H](NC(=O)[C@@H](NC(=O)C[C@@H]1CCCCN1C(C)C)C1CCCCC1)C(C)(C)C)C(C)(C)C21CCC1)C(=O)NS(=O)(=O)N1CC[C@H](F)C1. The summed E-state index contributed by atoms with van der Waals surface area (Å²) in [5, 5.41) is 9.20. The Morgan fingerprint density at radius 1 is 0.887 bits per heavy atom. The van der Waals surface area contributed by atoms with E-state index in [0.717, 1.165) is 81.5 Å². The van der Waals surface area contributed by atoms with Crippen molar-refractivity contribution in [2.75, 3.05) is 26.2 Å². The molecule has 0 aromatic rings. The second-order valence-corrected chi connectivity index (χ2v) is 23.6. The van der Waals surface area contributed by atoms with Gasteiger partial charge in [0.05, 0.1) is 0 Å². The maximum atomic E-state index is 15.3. The molecule has 4 aliphatic carbocycles. The van der Waals surface area contributed by atoms with Crippen molar-refractivity contribution in [1.82, 2.24) is 34.8 Å². The summed E-state index contributed by atoms with van der Waals surface area (Å²) in [6, 6.07) is -2.48. The van der Waals surface area contributed by atoms with Gasteiger partial charge in [0, 0.05) is 49.5 Å². The molecular formula is C46H74FN7O7S. The summed E-state index contributed by atoms with van der Waals surface area (Å²) in [4.78, 5) is 76.5. The monoisotopic (exact) mass is 888 g/mol. The first-order valence-corrected chi connectivity index (χ1v) is 25.0. The first-order chi connectivity index (χ1) is 29.0. The average Bonchev–Trinajstić information content (AvgIpc) is 3.73. The van der Waals surface area contributed by atoms with E-state index in [2.05, 4.69) is 59.8 Å². The van der Waals surface area contributed by atoms with Gasteiger partial charge in [0.2, 0.25) is 23.6 Å². The Labute approximate surface area is 369 Å². The van der Waals surface area contributed by atoms with E-state index in [9.17, 15) is 32.0 Å². The van der Waals surface area contributed by atoms with Crippen LogP contribution in [-0.4, -0.2) is 120 Å². The van der Waals surface area contributed by atoms with E-state index in [4.69, 9.17) is 0 Å². The van der Waals surface area contributed by atoms with E-state index in [1.165, 1.54) is 6.08 Å². The number of halogens is 1. The third kappa shape index (κ3) is 8.24. The molecular weight excluding hydrogens is 814 g/mol. The largest absolute Gasteiger partial charge is 0.344 e. The molecule has 7 aliphatic rings. The first-order valence-electron chi connectivity index (χ1n) is 23.6. The van der Waals surface area contributed by atoms with Gasteiger partial charge in [-0.3, -0.25) is 28.9 Å². The molecule has 0 unspecified atom stereocenters. The molecule has 348 valence electrons. The van der Waals surface area contributed by atoms with E-state index < -0.39 is 75.0 Å². The third-order valence-corrected chi connectivity index (χ3v) is 18.4. The van der Waals surface area contributed by atoms with Gasteiger partial charge in [-0.25, -0.2) is 9.11 Å². The van der Waals surface area contributed by atoms with Gasteiger partial charge in [0.25, 0.3) is 5.91 Å². The normalized spacial score (nSPS) is 33.1. The lowest BCUT2D eigenvalue weighted by molar-refractivity contribution is -0.145. The van der Waals surface area contributed by atoms with Crippen LogP contribution in [0.2, 0.25) is 0 Å². The van der Waals surface area contributed by atoms with Gasteiger partial charge in [-0.15, -0.1) is 6.58 Å². The fraction of sp³-hybridized carbons (Fsp3) is 0.848. The van der Waals surface area contributed by atoms with Gasteiger partial charge in [0.15, 0.2) is 0 Å². The maximum Gasteiger partial charge on any atom is 0.303 e. The fourth-order valence-corrected chi connectivity index (χ4v) is 14.1. The topological polar surface area (TPSA) is 177 Å². The number of nitrogens with zero attached hydrogens (tertiary/aromatic N) is 3. The summed E-state index contributed by atoms with van der Waals surface area (Å²) in [5.41, 5.74) is -3.02. The smallest absolute Gasteiger partial charge is 0.303 e. The van der Waals surface area contributed by atoms with Gasteiger partial charge < -0.3 is 20.9 Å². The standard InChI is InChI=1S/C46H74FN7O7S/c1-9-31-25-46(31,41(59)51-62(60,61)52-23-19-32(47)27-52)50-38(56)34-26-45(43(7,8)44(45)20-15-21-44)28-54(34)40(58)37(42(4,5)6)49-39(57)36(30-16-11-10-12-17-30)48-35(55)24-33-18-13-14-22-53(33)29(2)3/h9,29-34,36-37H,1,10-28H2,2-8H3,(H,48,55)(H,49,57)(H,50,56)(H,51,59)/t31-,32+,33+,34+,36+,37-,45-,46-/m1/s1. The van der Waals surface area contributed by atoms with E-state index in [1.54, 1.807) is 4.90 Å².